The van der Waals surface area contributed by atoms with Crippen LogP contribution in [0.2, 0.25) is 0 Å². The first-order valence-electron chi connectivity index (χ1n) is 6.61. The van der Waals surface area contributed by atoms with Gasteiger partial charge in [0.05, 0.1) is 5.92 Å². The molecular weight excluding hydrogens is 257 g/mol. The van der Waals surface area contributed by atoms with Crippen LogP contribution in [0.5, 0.6) is 0 Å². The first-order valence-corrected chi connectivity index (χ1v) is 6.61. The van der Waals surface area contributed by atoms with Crippen molar-refractivity contribution in [3.63, 3.8) is 0 Å². The summed E-state index contributed by atoms with van der Waals surface area (Å²) in [7, 11) is 0. The molecule has 1 rings (SSSR count). The zero-order valence-electron chi connectivity index (χ0n) is 11.8. The molecule has 6 heteroatoms. The summed E-state index contributed by atoms with van der Waals surface area (Å²) in [5, 5.41) is 0. The highest BCUT2D eigenvalue weighted by atomic mass is 19.4. The van der Waals surface area contributed by atoms with E-state index in [4.69, 9.17) is 5.73 Å². The van der Waals surface area contributed by atoms with Gasteiger partial charge in [-0.15, -0.1) is 0 Å². The Morgan fingerprint density at radius 1 is 1.32 bits per heavy atom. The molecule has 0 aromatic rings. The van der Waals surface area contributed by atoms with Crippen LogP contribution in [0.3, 0.4) is 0 Å². The fourth-order valence-corrected chi connectivity index (χ4v) is 2.21. The second-order valence-corrected chi connectivity index (χ2v) is 6.51. The van der Waals surface area contributed by atoms with E-state index in [1.54, 1.807) is 0 Å². The van der Waals surface area contributed by atoms with E-state index in [-0.39, 0.29) is 18.0 Å². The third-order valence-electron chi connectivity index (χ3n) is 3.11. The molecule has 1 saturated carbocycles. The monoisotopic (exact) mass is 280 g/mol. The second kappa shape index (κ2) is 5.69. The highest BCUT2D eigenvalue weighted by molar-refractivity contribution is 5.79. The summed E-state index contributed by atoms with van der Waals surface area (Å²) < 4.78 is 37.6. The van der Waals surface area contributed by atoms with E-state index in [9.17, 15) is 18.0 Å². The van der Waals surface area contributed by atoms with Crippen LogP contribution in [0.15, 0.2) is 0 Å². The number of rotatable bonds is 5. The molecule has 1 aliphatic rings. The number of nitrogens with two attached hydrogens (primary N) is 1. The molecule has 19 heavy (non-hydrogen) atoms. The van der Waals surface area contributed by atoms with Gasteiger partial charge in [0.2, 0.25) is 5.91 Å². The molecule has 0 aromatic heterocycles. The molecule has 1 aliphatic carbocycles. The molecule has 1 fully saturated rings. The summed E-state index contributed by atoms with van der Waals surface area (Å²) in [5.74, 6) is -0.972. The molecule has 0 aliphatic heterocycles. The molecule has 2 N–H and O–H groups in total. The predicted octanol–water partition coefficient (Wildman–Crippen LogP) is 2.55. The lowest BCUT2D eigenvalue weighted by Crippen LogP contribution is -2.46. The van der Waals surface area contributed by atoms with Crippen molar-refractivity contribution in [3.8, 4) is 0 Å². The Balaban J connectivity index is 2.74. The van der Waals surface area contributed by atoms with E-state index in [1.807, 2.05) is 20.8 Å². The third-order valence-corrected chi connectivity index (χ3v) is 3.11. The number of nitrogens with zero attached hydrogens (tertiary/aromatic N) is 1. The van der Waals surface area contributed by atoms with Gasteiger partial charge in [-0.3, -0.25) is 4.79 Å². The molecule has 1 amide bonds. The van der Waals surface area contributed by atoms with Gasteiger partial charge in [0.1, 0.15) is 6.54 Å². The van der Waals surface area contributed by atoms with Gasteiger partial charge in [-0.05, 0) is 24.7 Å². The summed E-state index contributed by atoms with van der Waals surface area (Å²) in [6.07, 6.45) is -2.52. The van der Waals surface area contributed by atoms with Crippen molar-refractivity contribution in [2.45, 2.75) is 52.3 Å². The van der Waals surface area contributed by atoms with E-state index < -0.39 is 24.5 Å². The van der Waals surface area contributed by atoms with Crippen molar-refractivity contribution in [3.05, 3.63) is 0 Å². The zero-order chi connectivity index (χ0) is 14.8. The van der Waals surface area contributed by atoms with Crippen LogP contribution in [0.4, 0.5) is 13.2 Å². The molecule has 1 atom stereocenters. The van der Waals surface area contributed by atoms with Crippen LogP contribution >= 0.6 is 0 Å². The minimum atomic E-state index is -4.35. The average molecular weight is 280 g/mol. The summed E-state index contributed by atoms with van der Waals surface area (Å²) >= 11 is 0. The Kier molecular flexibility index (Phi) is 4.87. The van der Waals surface area contributed by atoms with Crippen LogP contribution in [0, 0.1) is 11.3 Å². The van der Waals surface area contributed by atoms with Crippen LogP contribution < -0.4 is 5.73 Å². The Labute approximate surface area is 112 Å². The van der Waals surface area contributed by atoms with Crippen LogP contribution in [-0.2, 0) is 4.79 Å². The van der Waals surface area contributed by atoms with Crippen molar-refractivity contribution in [1.82, 2.24) is 4.90 Å². The third kappa shape index (κ3) is 5.80. The molecular formula is C13H23F3N2O. The van der Waals surface area contributed by atoms with E-state index in [2.05, 4.69) is 0 Å². The minimum absolute atomic E-state index is 0.0944. The zero-order valence-corrected chi connectivity index (χ0v) is 11.8. The smallest absolute Gasteiger partial charge is 0.330 e. The van der Waals surface area contributed by atoms with E-state index in [1.165, 1.54) is 0 Å². The van der Waals surface area contributed by atoms with Crippen molar-refractivity contribution in [2.75, 3.05) is 13.1 Å². The summed E-state index contributed by atoms with van der Waals surface area (Å²) in [6, 6.07) is -0.247. The SMILES string of the molecule is CC(C)(C)CC(CN)C(=O)N(CC(F)(F)F)C1CC1. The number of carbonyl (C=O) groups is 1. The van der Waals surface area contributed by atoms with Gasteiger partial charge in [0, 0.05) is 12.6 Å². The molecule has 0 spiro atoms. The molecule has 112 valence electrons. The molecule has 0 bridgehead atoms. The van der Waals surface area contributed by atoms with Gasteiger partial charge in [0.15, 0.2) is 0 Å². The molecule has 0 saturated heterocycles. The van der Waals surface area contributed by atoms with Gasteiger partial charge in [-0.1, -0.05) is 20.8 Å². The standard InChI is InChI=1S/C13H23F3N2O/c1-12(2,3)6-9(7-17)11(19)18(10-4-5-10)8-13(14,15)16/h9-10H,4-8,17H2,1-3H3. The Morgan fingerprint density at radius 2 is 1.84 bits per heavy atom. The first kappa shape index (κ1) is 16.3. The lowest BCUT2D eigenvalue weighted by molar-refractivity contribution is -0.165. The second-order valence-electron chi connectivity index (χ2n) is 6.51. The molecule has 3 nitrogen and oxygen atoms in total. The van der Waals surface area contributed by atoms with Crippen LogP contribution in [-0.4, -0.2) is 36.1 Å². The number of alkyl halides is 3. The summed E-state index contributed by atoms with van der Waals surface area (Å²) in [5.41, 5.74) is 5.44. The highest BCUT2D eigenvalue weighted by Crippen LogP contribution is 2.33. The average Bonchev–Trinajstić information content (AvgIpc) is 3.02. The maximum atomic E-state index is 12.5. The molecule has 0 radical (unpaired) electrons. The minimum Gasteiger partial charge on any atom is -0.330 e. The highest BCUT2D eigenvalue weighted by Gasteiger charge is 2.42. The van der Waals surface area contributed by atoms with Crippen molar-refractivity contribution >= 4 is 5.91 Å². The fourth-order valence-electron chi connectivity index (χ4n) is 2.21. The predicted molar refractivity (Wildman–Crippen MR) is 67.4 cm³/mol. The van der Waals surface area contributed by atoms with Crippen LogP contribution in [0.1, 0.15) is 40.0 Å². The maximum Gasteiger partial charge on any atom is 0.406 e. The van der Waals surface area contributed by atoms with E-state index >= 15 is 0 Å². The van der Waals surface area contributed by atoms with E-state index in [0.717, 1.165) is 4.90 Å². The number of hydrogen-bond acceptors (Lipinski definition) is 2. The number of halogens is 3. The van der Waals surface area contributed by atoms with Crippen LogP contribution in [0.25, 0.3) is 0 Å². The quantitative estimate of drug-likeness (QED) is 0.841. The van der Waals surface area contributed by atoms with Gasteiger partial charge in [-0.2, -0.15) is 13.2 Å². The summed E-state index contributed by atoms with van der Waals surface area (Å²) in [6.45, 7) is 4.80. The Bertz CT molecular complexity index is 319. The van der Waals surface area contributed by atoms with Gasteiger partial charge in [0.25, 0.3) is 0 Å². The largest absolute Gasteiger partial charge is 0.406 e. The molecule has 1 unspecified atom stereocenters. The lowest BCUT2D eigenvalue weighted by Gasteiger charge is -2.31. The van der Waals surface area contributed by atoms with Gasteiger partial charge >= 0.3 is 6.18 Å². The normalized spacial score (nSPS) is 18.3. The number of carbonyl (C=O) groups excluding carboxylic acids is 1. The topological polar surface area (TPSA) is 46.3 Å². The summed E-state index contributed by atoms with van der Waals surface area (Å²) in [4.78, 5) is 13.2. The molecule has 0 heterocycles. The van der Waals surface area contributed by atoms with Crippen molar-refractivity contribution < 1.29 is 18.0 Å². The van der Waals surface area contributed by atoms with Gasteiger partial charge in [-0.25, -0.2) is 0 Å². The van der Waals surface area contributed by atoms with Crippen molar-refractivity contribution in [2.24, 2.45) is 17.1 Å². The lowest BCUT2D eigenvalue weighted by atomic mass is 9.84. The first-order chi connectivity index (χ1) is 8.53. The number of hydrogen-bond donors (Lipinski definition) is 1. The fraction of sp³-hybridized carbons (Fsp3) is 0.923. The maximum absolute atomic E-state index is 12.5. The van der Waals surface area contributed by atoms with E-state index in [0.29, 0.717) is 19.3 Å². The van der Waals surface area contributed by atoms with Crippen molar-refractivity contribution in [1.29, 1.82) is 0 Å². The number of amides is 1. The molecule has 0 aromatic carbocycles. The van der Waals surface area contributed by atoms with Gasteiger partial charge < -0.3 is 10.6 Å². The Morgan fingerprint density at radius 3 is 2.16 bits per heavy atom. The Hall–Kier alpha value is -0.780.